The van der Waals surface area contributed by atoms with E-state index in [9.17, 15) is 13.9 Å². The number of aliphatic hydroxyl groups is 1. The molecule has 0 aromatic heterocycles. The number of nitriles is 1. The van der Waals surface area contributed by atoms with Gasteiger partial charge in [-0.2, -0.15) is 5.26 Å². The highest BCUT2D eigenvalue weighted by Crippen LogP contribution is 2.27. The van der Waals surface area contributed by atoms with Crippen molar-refractivity contribution in [2.45, 2.75) is 6.10 Å². The van der Waals surface area contributed by atoms with Gasteiger partial charge in [0, 0.05) is 12.6 Å². The van der Waals surface area contributed by atoms with E-state index in [0.717, 1.165) is 6.07 Å². The van der Waals surface area contributed by atoms with Crippen molar-refractivity contribution < 1.29 is 13.9 Å². The van der Waals surface area contributed by atoms with Gasteiger partial charge in [0.1, 0.15) is 5.82 Å². The van der Waals surface area contributed by atoms with Gasteiger partial charge in [-0.3, -0.25) is 0 Å². The molecular formula is C15H11ClF2N2O. The molecule has 0 aliphatic heterocycles. The van der Waals surface area contributed by atoms with E-state index >= 15 is 0 Å². The van der Waals surface area contributed by atoms with Crippen molar-refractivity contribution in [2.24, 2.45) is 0 Å². The number of hydrogen-bond acceptors (Lipinski definition) is 3. The van der Waals surface area contributed by atoms with Gasteiger partial charge in [0.25, 0.3) is 0 Å². The maximum absolute atomic E-state index is 13.6. The van der Waals surface area contributed by atoms with E-state index < -0.39 is 17.7 Å². The monoisotopic (exact) mass is 308 g/mol. The van der Waals surface area contributed by atoms with E-state index in [1.807, 2.05) is 6.07 Å². The van der Waals surface area contributed by atoms with E-state index in [2.05, 4.69) is 5.32 Å². The topological polar surface area (TPSA) is 56.0 Å². The molecule has 0 fully saturated rings. The summed E-state index contributed by atoms with van der Waals surface area (Å²) in [4.78, 5) is 0. The van der Waals surface area contributed by atoms with Gasteiger partial charge in [-0.25, -0.2) is 8.78 Å². The molecule has 0 aliphatic carbocycles. The van der Waals surface area contributed by atoms with Crippen LogP contribution in [0.15, 0.2) is 36.4 Å². The summed E-state index contributed by atoms with van der Waals surface area (Å²) in [5, 5.41) is 21.2. The first-order valence-corrected chi connectivity index (χ1v) is 6.45. The van der Waals surface area contributed by atoms with Crippen LogP contribution in [0.5, 0.6) is 0 Å². The molecule has 0 amide bonds. The molecule has 0 saturated heterocycles. The fourth-order valence-corrected chi connectivity index (χ4v) is 2.07. The smallest absolute Gasteiger partial charge is 0.150 e. The fourth-order valence-electron chi connectivity index (χ4n) is 1.81. The first-order chi connectivity index (χ1) is 10.0. The van der Waals surface area contributed by atoms with Crippen LogP contribution >= 0.6 is 11.6 Å². The molecule has 2 aromatic carbocycles. The molecule has 1 atom stereocenters. The van der Waals surface area contributed by atoms with E-state index in [-0.39, 0.29) is 17.3 Å². The summed E-state index contributed by atoms with van der Waals surface area (Å²) in [7, 11) is 0. The second-order valence-corrected chi connectivity index (χ2v) is 4.78. The highest BCUT2D eigenvalue weighted by Gasteiger charge is 2.13. The van der Waals surface area contributed by atoms with Crippen molar-refractivity contribution in [1.29, 1.82) is 5.26 Å². The molecule has 0 aliphatic rings. The molecule has 108 valence electrons. The second kappa shape index (κ2) is 6.53. The Bertz CT molecular complexity index is 660. The highest BCUT2D eigenvalue weighted by atomic mass is 35.5. The van der Waals surface area contributed by atoms with Crippen molar-refractivity contribution in [3.05, 3.63) is 64.2 Å². The van der Waals surface area contributed by atoms with Crippen molar-refractivity contribution in [1.82, 2.24) is 0 Å². The van der Waals surface area contributed by atoms with Crippen molar-refractivity contribution in [3.63, 3.8) is 0 Å². The van der Waals surface area contributed by atoms with Crippen LogP contribution < -0.4 is 5.32 Å². The Morgan fingerprint density at radius 2 is 1.90 bits per heavy atom. The zero-order valence-corrected chi connectivity index (χ0v) is 11.5. The lowest BCUT2D eigenvalue weighted by molar-refractivity contribution is 0.191. The quantitative estimate of drug-likeness (QED) is 0.906. The van der Waals surface area contributed by atoms with Crippen molar-refractivity contribution in [2.75, 3.05) is 11.9 Å². The first-order valence-electron chi connectivity index (χ1n) is 6.08. The van der Waals surface area contributed by atoms with Gasteiger partial charge >= 0.3 is 0 Å². The number of halogens is 3. The average molecular weight is 309 g/mol. The summed E-state index contributed by atoms with van der Waals surface area (Å²) >= 11 is 5.74. The minimum Gasteiger partial charge on any atom is -0.387 e. The molecule has 0 radical (unpaired) electrons. The molecular weight excluding hydrogens is 298 g/mol. The van der Waals surface area contributed by atoms with Gasteiger partial charge in [0.2, 0.25) is 0 Å². The van der Waals surface area contributed by atoms with Crippen LogP contribution in [0.3, 0.4) is 0 Å². The number of nitrogens with zero attached hydrogens (tertiary/aromatic N) is 1. The minimum atomic E-state index is -0.918. The maximum atomic E-state index is 13.6. The summed E-state index contributed by atoms with van der Waals surface area (Å²) in [5.41, 5.74) is 0.984. The Labute approximate surface area is 125 Å². The summed E-state index contributed by atoms with van der Waals surface area (Å²) in [6.45, 7) is -0.00578. The number of aliphatic hydroxyl groups excluding tert-OH is 1. The largest absolute Gasteiger partial charge is 0.387 e. The van der Waals surface area contributed by atoms with Crippen LogP contribution in [-0.4, -0.2) is 11.7 Å². The first kappa shape index (κ1) is 15.2. The van der Waals surface area contributed by atoms with Crippen LogP contribution in [0.4, 0.5) is 14.5 Å². The van der Waals surface area contributed by atoms with Crippen LogP contribution in [0.25, 0.3) is 0 Å². The van der Waals surface area contributed by atoms with Gasteiger partial charge in [-0.15, -0.1) is 0 Å². The molecule has 1 unspecified atom stereocenters. The Kier molecular flexibility index (Phi) is 4.73. The summed E-state index contributed by atoms with van der Waals surface area (Å²) in [5.74, 6) is -1.59. The molecule has 3 nitrogen and oxygen atoms in total. The van der Waals surface area contributed by atoms with E-state index in [0.29, 0.717) is 17.2 Å². The number of hydrogen-bond donors (Lipinski definition) is 2. The summed E-state index contributed by atoms with van der Waals surface area (Å²) < 4.78 is 26.5. The van der Waals surface area contributed by atoms with Crippen LogP contribution in [0.1, 0.15) is 17.2 Å². The predicted molar refractivity (Wildman–Crippen MR) is 76.0 cm³/mol. The van der Waals surface area contributed by atoms with Crippen LogP contribution in [0, 0.1) is 23.0 Å². The molecule has 2 N–H and O–H groups in total. The fraction of sp³-hybridized carbons (Fsp3) is 0.133. The molecule has 2 aromatic rings. The zero-order valence-electron chi connectivity index (χ0n) is 10.8. The van der Waals surface area contributed by atoms with Gasteiger partial charge in [0.15, 0.2) is 5.82 Å². The third kappa shape index (κ3) is 3.69. The normalized spacial score (nSPS) is 11.8. The molecule has 6 heteroatoms. The second-order valence-electron chi connectivity index (χ2n) is 4.37. The Morgan fingerprint density at radius 3 is 2.48 bits per heavy atom. The lowest BCUT2D eigenvalue weighted by Crippen LogP contribution is -2.13. The van der Waals surface area contributed by atoms with E-state index in [1.54, 1.807) is 24.3 Å². The lowest BCUT2D eigenvalue weighted by atomic mass is 10.1. The standard InChI is InChI=1S/C15H11ClF2N2O/c16-12-5-11(17)6-13(18)15(12)20-8-14(21)10-3-1-9(7-19)2-4-10/h1-6,14,20-21H,8H2. The predicted octanol–water partition coefficient (Wildman–Crippen LogP) is 3.64. The van der Waals surface area contributed by atoms with Gasteiger partial charge in [-0.1, -0.05) is 23.7 Å². The molecule has 21 heavy (non-hydrogen) atoms. The third-order valence-corrected chi connectivity index (χ3v) is 3.20. The van der Waals surface area contributed by atoms with Crippen LogP contribution in [0.2, 0.25) is 5.02 Å². The van der Waals surface area contributed by atoms with Crippen molar-refractivity contribution in [3.8, 4) is 6.07 Å². The van der Waals surface area contributed by atoms with Crippen molar-refractivity contribution >= 4 is 17.3 Å². The number of anilines is 1. The molecule has 0 bridgehead atoms. The number of benzene rings is 2. The Morgan fingerprint density at radius 1 is 1.24 bits per heavy atom. The van der Waals surface area contributed by atoms with E-state index in [1.165, 1.54) is 0 Å². The molecule has 0 spiro atoms. The molecule has 0 saturated carbocycles. The number of rotatable bonds is 4. The Hall–Kier alpha value is -2.16. The lowest BCUT2D eigenvalue weighted by Gasteiger charge is -2.14. The molecule has 0 heterocycles. The van der Waals surface area contributed by atoms with Gasteiger partial charge < -0.3 is 10.4 Å². The zero-order chi connectivity index (χ0) is 15.4. The molecule has 2 rings (SSSR count). The van der Waals surface area contributed by atoms with E-state index in [4.69, 9.17) is 16.9 Å². The Balaban J connectivity index is 2.07. The summed E-state index contributed by atoms with van der Waals surface area (Å²) in [6, 6.07) is 10.0. The van der Waals surface area contributed by atoms with Gasteiger partial charge in [0.05, 0.1) is 28.4 Å². The third-order valence-electron chi connectivity index (χ3n) is 2.90. The summed E-state index contributed by atoms with van der Waals surface area (Å²) in [6.07, 6.45) is -0.918. The maximum Gasteiger partial charge on any atom is 0.150 e. The van der Waals surface area contributed by atoms with Crippen LogP contribution in [-0.2, 0) is 0 Å². The average Bonchev–Trinajstić information content (AvgIpc) is 2.46. The number of nitrogens with one attached hydrogen (secondary N) is 1. The minimum absolute atomic E-state index is 0.00578. The highest BCUT2D eigenvalue weighted by molar-refractivity contribution is 6.33. The van der Waals surface area contributed by atoms with Gasteiger partial charge in [-0.05, 0) is 23.8 Å². The SMILES string of the molecule is N#Cc1ccc(C(O)CNc2c(F)cc(F)cc2Cl)cc1.